The number of halogens is 4. The Bertz CT molecular complexity index is 843. The van der Waals surface area contributed by atoms with E-state index in [1.807, 2.05) is 24.3 Å². The third-order valence-corrected chi connectivity index (χ3v) is 4.15. The summed E-state index contributed by atoms with van der Waals surface area (Å²) in [7, 11) is 3.36. The highest BCUT2D eigenvalue weighted by Gasteiger charge is 2.16. The number of aliphatic imine (C=N–C) groups is 1. The van der Waals surface area contributed by atoms with Gasteiger partial charge in [-0.1, -0.05) is 28.1 Å². The molecule has 0 aliphatic rings. The van der Waals surface area contributed by atoms with Crippen molar-refractivity contribution in [3.05, 3.63) is 63.9 Å². The second-order valence-electron chi connectivity index (χ2n) is 5.65. The number of amides is 1. The van der Waals surface area contributed by atoms with Crippen LogP contribution in [-0.4, -0.2) is 37.4 Å². The topological polar surface area (TPSA) is 56.7 Å². The zero-order valence-corrected chi connectivity index (χ0v) is 16.3. The Labute approximate surface area is 163 Å². The molecule has 0 atom stereocenters. The summed E-state index contributed by atoms with van der Waals surface area (Å²) in [5.41, 5.74) is 0.607. The van der Waals surface area contributed by atoms with Gasteiger partial charge in [-0.3, -0.25) is 9.79 Å². The maximum Gasteiger partial charge on any atom is 0.243 e. The Morgan fingerprint density at radius 3 is 2.41 bits per heavy atom. The number of guanidine groups is 1. The van der Waals surface area contributed by atoms with Gasteiger partial charge in [0.1, 0.15) is 0 Å². The number of hydrogen-bond acceptors (Lipinski definition) is 2. The van der Waals surface area contributed by atoms with Crippen molar-refractivity contribution in [2.45, 2.75) is 6.54 Å². The molecule has 0 aromatic heterocycles. The van der Waals surface area contributed by atoms with E-state index in [0.29, 0.717) is 12.5 Å². The molecule has 0 heterocycles. The molecule has 0 saturated carbocycles. The molecule has 0 fully saturated rings. The molecule has 27 heavy (non-hydrogen) atoms. The minimum atomic E-state index is -1.63. The highest BCUT2D eigenvalue weighted by molar-refractivity contribution is 9.10. The van der Waals surface area contributed by atoms with Crippen LogP contribution in [0.1, 0.15) is 5.56 Å². The molecule has 0 aliphatic heterocycles. The van der Waals surface area contributed by atoms with Crippen LogP contribution in [0.5, 0.6) is 0 Å². The number of rotatable bonds is 5. The first-order valence-electron chi connectivity index (χ1n) is 7.91. The van der Waals surface area contributed by atoms with Gasteiger partial charge in [0.25, 0.3) is 0 Å². The fourth-order valence-electron chi connectivity index (χ4n) is 2.30. The lowest BCUT2D eigenvalue weighted by Crippen LogP contribution is -2.42. The van der Waals surface area contributed by atoms with Crippen LogP contribution in [0.4, 0.5) is 18.9 Å². The molecule has 2 aromatic carbocycles. The molecule has 0 bridgehead atoms. The molecule has 0 spiro atoms. The van der Waals surface area contributed by atoms with Crippen LogP contribution >= 0.6 is 15.9 Å². The van der Waals surface area contributed by atoms with Gasteiger partial charge in [-0.15, -0.1) is 0 Å². The van der Waals surface area contributed by atoms with Gasteiger partial charge in [-0.2, -0.15) is 0 Å². The SMILES string of the molecule is CN=C(NCC(=O)Nc1ccc(F)c(F)c1F)N(C)Cc1ccc(Br)cc1. The zero-order valence-electron chi connectivity index (χ0n) is 14.7. The third kappa shape index (κ3) is 5.72. The predicted molar refractivity (Wildman–Crippen MR) is 102 cm³/mol. The van der Waals surface area contributed by atoms with E-state index in [1.165, 1.54) is 0 Å². The predicted octanol–water partition coefficient (Wildman–Crippen LogP) is 3.51. The van der Waals surface area contributed by atoms with Crippen molar-refractivity contribution in [3.8, 4) is 0 Å². The summed E-state index contributed by atoms with van der Waals surface area (Å²) in [6.07, 6.45) is 0. The van der Waals surface area contributed by atoms with Crippen molar-refractivity contribution >= 4 is 33.5 Å². The van der Waals surface area contributed by atoms with E-state index in [4.69, 9.17) is 0 Å². The smallest absolute Gasteiger partial charge is 0.243 e. The van der Waals surface area contributed by atoms with Crippen molar-refractivity contribution < 1.29 is 18.0 Å². The van der Waals surface area contributed by atoms with E-state index in [2.05, 4.69) is 31.6 Å². The molecule has 1 amide bonds. The Hall–Kier alpha value is -2.55. The number of hydrogen-bond donors (Lipinski definition) is 2. The standard InChI is InChI=1S/C18H18BrF3N4O/c1-23-18(26(2)10-11-3-5-12(19)6-4-11)24-9-15(27)25-14-8-7-13(20)16(21)17(14)22/h3-8H,9-10H2,1-2H3,(H,23,24)(H,25,27). The molecule has 2 aromatic rings. The first-order chi connectivity index (χ1) is 12.8. The van der Waals surface area contributed by atoms with Gasteiger partial charge < -0.3 is 15.5 Å². The van der Waals surface area contributed by atoms with Crippen molar-refractivity contribution in [1.29, 1.82) is 0 Å². The molecule has 2 rings (SSSR count). The number of carbonyl (C=O) groups is 1. The number of nitrogens with zero attached hydrogens (tertiary/aromatic N) is 2. The van der Waals surface area contributed by atoms with Crippen LogP contribution in [0.15, 0.2) is 45.9 Å². The minimum absolute atomic E-state index is 0.226. The average Bonchev–Trinajstić information content (AvgIpc) is 2.64. The van der Waals surface area contributed by atoms with Gasteiger partial charge in [-0.25, -0.2) is 13.2 Å². The van der Waals surface area contributed by atoms with Gasteiger partial charge in [0.15, 0.2) is 23.4 Å². The minimum Gasteiger partial charge on any atom is -0.347 e. The molecular weight excluding hydrogens is 425 g/mol. The summed E-state index contributed by atoms with van der Waals surface area (Å²) in [5, 5.41) is 5.02. The normalized spacial score (nSPS) is 11.3. The Morgan fingerprint density at radius 1 is 1.11 bits per heavy atom. The molecule has 144 valence electrons. The number of nitrogens with one attached hydrogen (secondary N) is 2. The van der Waals surface area contributed by atoms with Gasteiger partial charge in [0.2, 0.25) is 5.91 Å². The number of anilines is 1. The molecule has 0 radical (unpaired) electrons. The van der Waals surface area contributed by atoms with Crippen LogP contribution in [0.2, 0.25) is 0 Å². The monoisotopic (exact) mass is 442 g/mol. The summed E-state index contributed by atoms with van der Waals surface area (Å²) in [6, 6.07) is 9.44. The van der Waals surface area contributed by atoms with Crippen molar-refractivity contribution in [2.75, 3.05) is 26.0 Å². The largest absolute Gasteiger partial charge is 0.347 e. The molecule has 0 saturated heterocycles. The summed E-state index contributed by atoms with van der Waals surface area (Å²) in [5.74, 6) is -4.58. The van der Waals surface area contributed by atoms with Crippen molar-refractivity contribution in [3.63, 3.8) is 0 Å². The molecule has 5 nitrogen and oxygen atoms in total. The lowest BCUT2D eigenvalue weighted by molar-refractivity contribution is -0.115. The first kappa shape index (κ1) is 20.8. The second-order valence-corrected chi connectivity index (χ2v) is 6.57. The summed E-state index contributed by atoms with van der Waals surface area (Å²) in [6.45, 7) is 0.322. The van der Waals surface area contributed by atoms with Crippen LogP contribution in [0.3, 0.4) is 0 Å². The van der Waals surface area contributed by atoms with E-state index < -0.39 is 29.0 Å². The maximum atomic E-state index is 13.6. The summed E-state index contributed by atoms with van der Waals surface area (Å²) < 4.78 is 40.7. The molecule has 2 N–H and O–H groups in total. The Balaban J connectivity index is 1.92. The maximum absolute atomic E-state index is 13.6. The fraction of sp³-hybridized carbons (Fsp3) is 0.222. The number of carbonyl (C=O) groups excluding carboxylic acids is 1. The van der Waals surface area contributed by atoms with E-state index in [1.54, 1.807) is 19.0 Å². The van der Waals surface area contributed by atoms with E-state index in [9.17, 15) is 18.0 Å². The first-order valence-corrected chi connectivity index (χ1v) is 8.70. The van der Waals surface area contributed by atoms with Crippen molar-refractivity contribution in [1.82, 2.24) is 10.2 Å². The highest BCUT2D eigenvalue weighted by Crippen LogP contribution is 2.19. The molecule has 0 aliphatic carbocycles. The fourth-order valence-corrected chi connectivity index (χ4v) is 2.56. The van der Waals surface area contributed by atoms with Crippen LogP contribution in [0, 0.1) is 17.5 Å². The third-order valence-electron chi connectivity index (χ3n) is 3.62. The van der Waals surface area contributed by atoms with Gasteiger partial charge in [0, 0.05) is 25.1 Å². The van der Waals surface area contributed by atoms with Gasteiger partial charge in [0.05, 0.1) is 12.2 Å². The van der Waals surface area contributed by atoms with E-state index in [0.717, 1.165) is 22.2 Å². The lowest BCUT2D eigenvalue weighted by Gasteiger charge is -2.22. The highest BCUT2D eigenvalue weighted by atomic mass is 79.9. The Morgan fingerprint density at radius 2 is 1.78 bits per heavy atom. The number of benzene rings is 2. The zero-order chi connectivity index (χ0) is 20.0. The van der Waals surface area contributed by atoms with Crippen molar-refractivity contribution in [2.24, 2.45) is 4.99 Å². The molecule has 0 unspecified atom stereocenters. The second kappa shape index (κ2) is 9.40. The van der Waals surface area contributed by atoms with E-state index >= 15 is 0 Å². The van der Waals surface area contributed by atoms with Gasteiger partial charge in [-0.05, 0) is 29.8 Å². The molecular formula is C18H18BrF3N4O. The van der Waals surface area contributed by atoms with Crippen LogP contribution < -0.4 is 10.6 Å². The molecule has 9 heteroatoms. The quantitative estimate of drug-likeness (QED) is 0.423. The van der Waals surface area contributed by atoms with E-state index in [-0.39, 0.29) is 6.54 Å². The van der Waals surface area contributed by atoms with Crippen LogP contribution in [-0.2, 0) is 11.3 Å². The lowest BCUT2D eigenvalue weighted by atomic mass is 10.2. The Kier molecular flexibility index (Phi) is 7.23. The van der Waals surface area contributed by atoms with Crippen LogP contribution in [0.25, 0.3) is 0 Å². The summed E-state index contributed by atoms with van der Waals surface area (Å²) in [4.78, 5) is 17.8. The van der Waals surface area contributed by atoms with Gasteiger partial charge >= 0.3 is 0 Å². The summed E-state index contributed by atoms with van der Waals surface area (Å²) >= 11 is 3.37. The average molecular weight is 443 g/mol.